The summed E-state index contributed by atoms with van der Waals surface area (Å²) in [6.45, 7) is 6.87. The van der Waals surface area contributed by atoms with Crippen LogP contribution in [0, 0.1) is 11.8 Å². The normalized spacial score (nSPS) is 15.9. The third-order valence-electron chi connectivity index (χ3n) is 3.45. The van der Waals surface area contributed by atoms with E-state index in [0.29, 0.717) is 24.2 Å². The molecule has 0 aliphatic carbocycles. The highest BCUT2D eigenvalue weighted by Gasteiger charge is 2.23. The van der Waals surface area contributed by atoms with Crippen molar-refractivity contribution in [2.75, 3.05) is 0 Å². The van der Waals surface area contributed by atoms with Gasteiger partial charge in [0.25, 0.3) is 0 Å². The lowest BCUT2D eigenvalue weighted by Gasteiger charge is -2.24. The largest absolute Gasteiger partial charge is 0.478 e. The smallest absolute Gasteiger partial charge is 0.330 e. The van der Waals surface area contributed by atoms with Gasteiger partial charge in [-0.2, -0.15) is 0 Å². The predicted molar refractivity (Wildman–Crippen MR) is 80.1 cm³/mol. The summed E-state index contributed by atoms with van der Waals surface area (Å²) in [5.41, 5.74) is 0.318. The Morgan fingerprint density at radius 1 is 1.41 bits per heavy atom. The van der Waals surface area contributed by atoms with E-state index in [1.54, 1.807) is 19.2 Å². The van der Waals surface area contributed by atoms with Crippen LogP contribution >= 0.6 is 0 Å². The van der Waals surface area contributed by atoms with Crippen LogP contribution in [0.25, 0.3) is 0 Å². The molecule has 1 N–H and O–H groups in total. The summed E-state index contributed by atoms with van der Waals surface area (Å²) in [5.74, 6) is -0.484. The number of aliphatic carboxylic acids is 1. The maximum Gasteiger partial charge on any atom is 0.330 e. The molecule has 1 rings (SSSR count). The first kappa shape index (κ1) is 17.9. The Morgan fingerprint density at radius 3 is 2.59 bits per heavy atom. The number of aromatic nitrogens is 1. The van der Waals surface area contributed by atoms with Gasteiger partial charge >= 0.3 is 11.9 Å². The van der Waals surface area contributed by atoms with Gasteiger partial charge in [0.15, 0.2) is 6.39 Å². The van der Waals surface area contributed by atoms with E-state index in [1.165, 1.54) is 13.3 Å². The minimum atomic E-state index is -0.919. The van der Waals surface area contributed by atoms with Crippen molar-refractivity contribution in [1.29, 1.82) is 0 Å². The van der Waals surface area contributed by atoms with Crippen LogP contribution in [0.15, 0.2) is 28.7 Å². The molecule has 0 radical (unpaired) electrons. The Bertz CT molecular complexity index is 521. The fourth-order valence-corrected chi connectivity index (χ4v) is 2.42. The lowest BCUT2D eigenvalue weighted by Crippen LogP contribution is -2.27. The number of carboxylic acids is 1. The molecule has 0 amide bonds. The van der Waals surface area contributed by atoms with Crippen molar-refractivity contribution < 1.29 is 23.8 Å². The van der Waals surface area contributed by atoms with Crippen molar-refractivity contribution in [1.82, 2.24) is 4.98 Å². The molecule has 1 heterocycles. The van der Waals surface area contributed by atoms with Crippen LogP contribution in [-0.4, -0.2) is 28.1 Å². The van der Waals surface area contributed by atoms with Gasteiger partial charge in [-0.25, -0.2) is 9.78 Å². The number of esters is 1. The van der Waals surface area contributed by atoms with E-state index in [9.17, 15) is 9.59 Å². The maximum atomic E-state index is 11.3. The molecule has 6 nitrogen and oxygen atoms in total. The number of oxazole rings is 1. The minimum absolute atomic E-state index is 0.0573. The molecule has 0 fully saturated rings. The summed E-state index contributed by atoms with van der Waals surface area (Å²) in [4.78, 5) is 26.0. The third-order valence-corrected chi connectivity index (χ3v) is 3.45. The molecule has 3 atom stereocenters. The SMILES string of the molecule is CC(=O)OC(Cc1cnco1)C(C)CC(C)/C=C(\C)C(=O)O. The van der Waals surface area contributed by atoms with Crippen molar-refractivity contribution in [3.63, 3.8) is 0 Å². The molecule has 6 heteroatoms. The van der Waals surface area contributed by atoms with Crippen LogP contribution in [0.3, 0.4) is 0 Å². The summed E-state index contributed by atoms with van der Waals surface area (Å²) in [5, 5.41) is 8.91. The average Bonchev–Trinajstić information content (AvgIpc) is 2.89. The van der Waals surface area contributed by atoms with Crippen LogP contribution < -0.4 is 0 Å². The maximum absolute atomic E-state index is 11.3. The second-order valence-electron chi connectivity index (χ2n) is 5.66. The lowest BCUT2D eigenvalue weighted by molar-refractivity contribution is -0.149. The Kier molecular flexibility index (Phi) is 6.82. The highest BCUT2D eigenvalue weighted by Crippen LogP contribution is 2.22. The van der Waals surface area contributed by atoms with Crippen LogP contribution in [-0.2, 0) is 20.7 Å². The summed E-state index contributed by atoms with van der Waals surface area (Å²) in [6.07, 6.45) is 5.49. The van der Waals surface area contributed by atoms with Crippen molar-refractivity contribution in [2.45, 2.75) is 46.6 Å². The molecule has 0 aromatic carbocycles. The molecule has 1 aromatic rings. The molecule has 3 unspecified atom stereocenters. The molecule has 0 saturated carbocycles. The van der Waals surface area contributed by atoms with Gasteiger partial charge in [0.2, 0.25) is 0 Å². The van der Waals surface area contributed by atoms with Gasteiger partial charge in [-0.05, 0) is 25.2 Å². The van der Waals surface area contributed by atoms with Crippen LogP contribution in [0.2, 0.25) is 0 Å². The van der Waals surface area contributed by atoms with Crippen molar-refractivity contribution in [3.05, 3.63) is 30.0 Å². The van der Waals surface area contributed by atoms with Crippen molar-refractivity contribution in [2.24, 2.45) is 11.8 Å². The zero-order chi connectivity index (χ0) is 16.7. The number of carbonyl (C=O) groups excluding carboxylic acids is 1. The van der Waals surface area contributed by atoms with E-state index in [4.69, 9.17) is 14.3 Å². The number of hydrogen-bond acceptors (Lipinski definition) is 5. The molecule has 0 bridgehead atoms. The highest BCUT2D eigenvalue weighted by molar-refractivity contribution is 5.85. The topological polar surface area (TPSA) is 89.6 Å². The summed E-state index contributed by atoms with van der Waals surface area (Å²) >= 11 is 0. The number of carboxylic acid groups (broad SMARTS) is 1. The molecule has 0 spiro atoms. The van der Waals surface area contributed by atoms with Gasteiger partial charge in [-0.15, -0.1) is 0 Å². The fraction of sp³-hybridized carbons (Fsp3) is 0.562. The number of rotatable bonds is 8. The Balaban J connectivity index is 2.70. The van der Waals surface area contributed by atoms with Gasteiger partial charge in [-0.3, -0.25) is 4.79 Å². The van der Waals surface area contributed by atoms with E-state index in [0.717, 1.165) is 0 Å². The summed E-state index contributed by atoms with van der Waals surface area (Å²) < 4.78 is 10.6. The Morgan fingerprint density at radius 2 is 2.09 bits per heavy atom. The Hall–Kier alpha value is -2.11. The van der Waals surface area contributed by atoms with Crippen molar-refractivity contribution >= 4 is 11.9 Å². The zero-order valence-corrected chi connectivity index (χ0v) is 13.4. The number of ether oxygens (including phenoxy) is 1. The predicted octanol–water partition coefficient (Wildman–Crippen LogP) is 2.84. The molecule has 1 aromatic heterocycles. The highest BCUT2D eigenvalue weighted by atomic mass is 16.5. The average molecular weight is 309 g/mol. The molecule has 22 heavy (non-hydrogen) atoms. The zero-order valence-electron chi connectivity index (χ0n) is 13.4. The van der Waals surface area contributed by atoms with Gasteiger partial charge < -0.3 is 14.3 Å². The first-order chi connectivity index (χ1) is 10.3. The summed E-state index contributed by atoms with van der Waals surface area (Å²) in [6, 6.07) is 0. The lowest BCUT2D eigenvalue weighted by atomic mass is 9.89. The van der Waals surface area contributed by atoms with E-state index in [2.05, 4.69) is 4.98 Å². The van der Waals surface area contributed by atoms with E-state index < -0.39 is 5.97 Å². The summed E-state index contributed by atoms with van der Waals surface area (Å²) in [7, 11) is 0. The van der Waals surface area contributed by atoms with Gasteiger partial charge in [-0.1, -0.05) is 19.9 Å². The van der Waals surface area contributed by atoms with Crippen molar-refractivity contribution in [3.8, 4) is 0 Å². The minimum Gasteiger partial charge on any atom is -0.478 e. The van der Waals surface area contributed by atoms with Crippen LogP contribution in [0.4, 0.5) is 0 Å². The number of hydrogen-bond donors (Lipinski definition) is 1. The first-order valence-corrected chi connectivity index (χ1v) is 7.25. The van der Waals surface area contributed by atoms with Gasteiger partial charge in [0.1, 0.15) is 11.9 Å². The first-order valence-electron chi connectivity index (χ1n) is 7.25. The van der Waals surface area contributed by atoms with Crippen LogP contribution in [0.1, 0.15) is 39.9 Å². The molecule has 0 aliphatic rings. The molecular weight excluding hydrogens is 286 g/mol. The third kappa shape index (κ3) is 6.11. The Labute approximate surface area is 130 Å². The van der Waals surface area contributed by atoms with Gasteiger partial charge in [0.05, 0.1) is 6.20 Å². The second kappa shape index (κ2) is 8.36. The quantitative estimate of drug-likeness (QED) is 0.586. The molecule has 0 aliphatic heterocycles. The van der Waals surface area contributed by atoms with Gasteiger partial charge in [0, 0.05) is 18.9 Å². The number of nitrogens with zero attached hydrogens (tertiary/aromatic N) is 1. The molecule has 0 saturated heterocycles. The number of allylic oxidation sites excluding steroid dienone is 1. The second-order valence-corrected chi connectivity index (χ2v) is 5.66. The molecule has 122 valence electrons. The monoisotopic (exact) mass is 309 g/mol. The molecular formula is C16H23NO5. The van der Waals surface area contributed by atoms with E-state index >= 15 is 0 Å². The number of carbonyl (C=O) groups is 2. The van der Waals surface area contributed by atoms with E-state index in [1.807, 2.05) is 13.8 Å². The standard InChI is InChI=1S/C16H23NO5/c1-10(6-12(3)16(19)20)5-11(2)15(22-13(4)18)7-14-8-17-9-21-14/h6,8-11,15H,5,7H2,1-4H3,(H,19,20)/b12-6+. The van der Waals surface area contributed by atoms with Crippen LogP contribution in [0.5, 0.6) is 0 Å². The fourth-order valence-electron chi connectivity index (χ4n) is 2.42. The van der Waals surface area contributed by atoms with E-state index in [-0.39, 0.29) is 23.9 Å².